The summed E-state index contributed by atoms with van der Waals surface area (Å²) >= 11 is 0. The first-order valence-electron chi connectivity index (χ1n) is 12.0. The van der Waals surface area contributed by atoms with Crippen LogP contribution in [-0.2, 0) is 14.8 Å². The molecule has 1 heterocycles. The molecule has 1 aliphatic rings. The Morgan fingerprint density at radius 2 is 1.77 bits per heavy atom. The lowest BCUT2D eigenvalue weighted by Gasteiger charge is -2.30. The van der Waals surface area contributed by atoms with Crippen molar-refractivity contribution in [1.82, 2.24) is 10.2 Å². The highest BCUT2D eigenvalue weighted by atomic mass is 32.2. The van der Waals surface area contributed by atoms with Gasteiger partial charge in [0.2, 0.25) is 5.91 Å². The number of anilines is 1. The SMILES string of the molecule is COc1ccc(N(CC(=O)NCCCN2CCC(C)CC2)S(=O)(=O)c2ccc(C)cc2)c(OC)c1. The van der Waals surface area contributed by atoms with Crippen LogP contribution in [0.4, 0.5) is 5.69 Å². The fourth-order valence-electron chi connectivity index (χ4n) is 4.13. The Balaban J connectivity index is 1.74. The summed E-state index contributed by atoms with van der Waals surface area (Å²) in [5.74, 6) is 1.23. The van der Waals surface area contributed by atoms with Crippen molar-refractivity contribution in [3.05, 3.63) is 48.0 Å². The van der Waals surface area contributed by atoms with Gasteiger partial charge in [-0.3, -0.25) is 9.10 Å². The molecule has 3 rings (SSSR count). The van der Waals surface area contributed by atoms with Gasteiger partial charge in [-0.2, -0.15) is 0 Å². The molecular weight excluding hydrogens is 466 g/mol. The number of amides is 1. The van der Waals surface area contributed by atoms with Crippen molar-refractivity contribution in [1.29, 1.82) is 0 Å². The number of hydrogen-bond acceptors (Lipinski definition) is 6. The number of hydrogen-bond donors (Lipinski definition) is 1. The maximum absolute atomic E-state index is 13.6. The van der Waals surface area contributed by atoms with Crippen LogP contribution in [0.2, 0.25) is 0 Å². The number of carbonyl (C=O) groups is 1. The molecule has 0 radical (unpaired) electrons. The Morgan fingerprint density at radius 1 is 1.09 bits per heavy atom. The van der Waals surface area contributed by atoms with Crippen molar-refractivity contribution >= 4 is 21.6 Å². The maximum Gasteiger partial charge on any atom is 0.264 e. The Labute approximate surface area is 209 Å². The first kappa shape index (κ1) is 26.8. The topological polar surface area (TPSA) is 88.2 Å². The zero-order valence-corrected chi connectivity index (χ0v) is 21.9. The Morgan fingerprint density at radius 3 is 2.40 bits per heavy atom. The van der Waals surface area contributed by atoms with Gasteiger partial charge >= 0.3 is 0 Å². The molecular formula is C26H37N3O5S. The van der Waals surface area contributed by atoms with E-state index >= 15 is 0 Å². The van der Waals surface area contributed by atoms with Crippen molar-refractivity contribution in [2.24, 2.45) is 5.92 Å². The number of carbonyl (C=O) groups excluding carboxylic acids is 1. The predicted octanol–water partition coefficient (Wildman–Crippen LogP) is 3.45. The molecule has 192 valence electrons. The van der Waals surface area contributed by atoms with Crippen LogP contribution in [0.5, 0.6) is 11.5 Å². The zero-order chi connectivity index (χ0) is 25.4. The first-order chi connectivity index (χ1) is 16.7. The van der Waals surface area contributed by atoms with Crippen LogP contribution in [0.1, 0.15) is 31.7 Å². The zero-order valence-electron chi connectivity index (χ0n) is 21.1. The van der Waals surface area contributed by atoms with Crippen LogP contribution in [0.25, 0.3) is 0 Å². The Bertz CT molecular complexity index is 1080. The molecule has 8 nitrogen and oxygen atoms in total. The van der Waals surface area contributed by atoms with E-state index < -0.39 is 10.0 Å². The Hall–Kier alpha value is -2.78. The molecule has 2 aromatic rings. The van der Waals surface area contributed by atoms with Crippen molar-refractivity contribution in [2.45, 2.75) is 38.0 Å². The third-order valence-electron chi connectivity index (χ3n) is 6.40. The third kappa shape index (κ3) is 7.11. The number of aryl methyl sites for hydroxylation is 1. The molecule has 1 N–H and O–H groups in total. The summed E-state index contributed by atoms with van der Waals surface area (Å²) in [6.07, 6.45) is 3.24. The molecule has 0 saturated carbocycles. The summed E-state index contributed by atoms with van der Waals surface area (Å²) in [5.41, 5.74) is 1.21. The molecule has 1 aliphatic heterocycles. The highest BCUT2D eigenvalue weighted by Crippen LogP contribution is 2.35. The standard InChI is InChI=1S/C26H37N3O5S/c1-20-6-9-23(10-7-20)35(31,32)29(24-11-8-22(33-3)18-25(24)34-4)19-26(30)27-14-5-15-28-16-12-21(2)13-17-28/h6-11,18,21H,5,12-17,19H2,1-4H3,(H,27,30). The highest BCUT2D eigenvalue weighted by molar-refractivity contribution is 7.92. The van der Waals surface area contributed by atoms with Crippen LogP contribution >= 0.6 is 0 Å². The van der Waals surface area contributed by atoms with E-state index in [9.17, 15) is 13.2 Å². The first-order valence-corrected chi connectivity index (χ1v) is 13.5. The number of sulfonamides is 1. The van der Waals surface area contributed by atoms with E-state index in [1.165, 1.54) is 27.1 Å². The fourth-order valence-corrected chi connectivity index (χ4v) is 5.56. The molecule has 0 aromatic heterocycles. The van der Waals surface area contributed by atoms with Gasteiger partial charge in [-0.05, 0) is 76.0 Å². The molecule has 0 spiro atoms. The van der Waals surface area contributed by atoms with Gasteiger partial charge in [0.05, 0.1) is 24.8 Å². The summed E-state index contributed by atoms with van der Waals surface area (Å²) in [7, 11) is -1.05. The molecule has 9 heteroatoms. The third-order valence-corrected chi connectivity index (χ3v) is 8.18. The summed E-state index contributed by atoms with van der Waals surface area (Å²) in [5, 5.41) is 2.89. The van der Waals surface area contributed by atoms with Crippen LogP contribution in [-0.4, -0.2) is 66.2 Å². The van der Waals surface area contributed by atoms with Gasteiger partial charge in [0, 0.05) is 12.6 Å². The van der Waals surface area contributed by atoms with Gasteiger partial charge in [-0.1, -0.05) is 24.6 Å². The summed E-state index contributed by atoms with van der Waals surface area (Å²) in [6.45, 7) is 7.40. The second kappa shape index (κ2) is 12.3. The molecule has 0 aliphatic carbocycles. The number of likely N-dealkylation sites (tertiary alicyclic amines) is 1. The average molecular weight is 504 g/mol. The quantitative estimate of drug-likeness (QED) is 0.473. The smallest absolute Gasteiger partial charge is 0.264 e. The monoisotopic (exact) mass is 503 g/mol. The van der Waals surface area contributed by atoms with Crippen LogP contribution in [0.3, 0.4) is 0 Å². The van der Waals surface area contributed by atoms with E-state index in [-0.39, 0.29) is 23.0 Å². The van der Waals surface area contributed by atoms with Crippen LogP contribution < -0.4 is 19.1 Å². The number of nitrogens with zero attached hydrogens (tertiary/aromatic N) is 2. The highest BCUT2D eigenvalue weighted by Gasteiger charge is 2.29. The van der Waals surface area contributed by atoms with Gasteiger partial charge in [-0.25, -0.2) is 8.42 Å². The second-order valence-electron chi connectivity index (χ2n) is 9.09. The van der Waals surface area contributed by atoms with E-state index in [1.807, 2.05) is 6.92 Å². The lowest BCUT2D eigenvalue weighted by Crippen LogP contribution is -2.42. The van der Waals surface area contributed by atoms with E-state index in [1.54, 1.807) is 42.5 Å². The molecule has 1 amide bonds. The number of benzene rings is 2. The van der Waals surface area contributed by atoms with E-state index in [0.717, 1.165) is 41.8 Å². The van der Waals surface area contributed by atoms with Crippen molar-refractivity contribution < 1.29 is 22.7 Å². The predicted molar refractivity (Wildman–Crippen MR) is 138 cm³/mol. The Kier molecular flexibility index (Phi) is 9.40. The minimum Gasteiger partial charge on any atom is -0.497 e. The fraction of sp³-hybridized carbons (Fsp3) is 0.500. The number of nitrogens with one attached hydrogen (secondary N) is 1. The molecule has 1 fully saturated rings. The molecule has 0 atom stereocenters. The van der Waals surface area contributed by atoms with Crippen molar-refractivity contribution in [3.63, 3.8) is 0 Å². The van der Waals surface area contributed by atoms with Gasteiger partial charge < -0.3 is 19.7 Å². The van der Waals surface area contributed by atoms with E-state index in [0.29, 0.717) is 18.0 Å². The molecule has 0 unspecified atom stereocenters. The van der Waals surface area contributed by atoms with Crippen molar-refractivity contribution in [2.75, 3.05) is 51.2 Å². The van der Waals surface area contributed by atoms with E-state index in [4.69, 9.17) is 9.47 Å². The van der Waals surface area contributed by atoms with Crippen molar-refractivity contribution in [3.8, 4) is 11.5 Å². The summed E-state index contributed by atoms with van der Waals surface area (Å²) in [4.78, 5) is 15.4. The van der Waals surface area contributed by atoms with Crippen LogP contribution in [0.15, 0.2) is 47.4 Å². The normalized spacial score (nSPS) is 15.0. The number of piperidine rings is 1. The molecule has 2 aromatic carbocycles. The summed E-state index contributed by atoms with van der Waals surface area (Å²) < 4.78 is 39.0. The lowest BCUT2D eigenvalue weighted by atomic mass is 9.99. The summed E-state index contributed by atoms with van der Waals surface area (Å²) in [6, 6.07) is 11.4. The van der Waals surface area contributed by atoms with E-state index in [2.05, 4.69) is 17.1 Å². The molecule has 1 saturated heterocycles. The van der Waals surface area contributed by atoms with Gasteiger partial charge in [0.1, 0.15) is 18.0 Å². The maximum atomic E-state index is 13.6. The number of ether oxygens (including phenoxy) is 2. The number of methoxy groups -OCH3 is 2. The molecule has 35 heavy (non-hydrogen) atoms. The number of rotatable bonds is 11. The van der Waals surface area contributed by atoms with Gasteiger partial charge in [0.15, 0.2) is 0 Å². The van der Waals surface area contributed by atoms with Gasteiger partial charge in [0.25, 0.3) is 10.0 Å². The largest absolute Gasteiger partial charge is 0.497 e. The van der Waals surface area contributed by atoms with Crippen LogP contribution in [0, 0.1) is 12.8 Å². The van der Waals surface area contributed by atoms with Gasteiger partial charge in [-0.15, -0.1) is 0 Å². The average Bonchev–Trinajstić information content (AvgIpc) is 2.86. The minimum atomic E-state index is -4.03. The minimum absolute atomic E-state index is 0.105. The molecule has 0 bridgehead atoms. The lowest BCUT2D eigenvalue weighted by molar-refractivity contribution is -0.119. The second-order valence-corrected chi connectivity index (χ2v) is 11.0.